The largest absolute Gasteiger partial charge is 0.397 e. The molecule has 0 aromatic heterocycles. The van der Waals surface area contributed by atoms with Crippen LogP contribution >= 0.6 is 12.2 Å². The van der Waals surface area contributed by atoms with E-state index in [9.17, 15) is 4.79 Å². The van der Waals surface area contributed by atoms with Crippen molar-refractivity contribution < 1.29 is 4.79 Å². The molecular weight excluding hydrogens is 380 g/mol. The number of nitrogens with two attached hydrogens (primary N) is 1. The SMILES string of the molecule is Nc1ccccc1NC(=O)c1ccc2c(c1)CCC2NC(=S)Nc1ccccc1. The van der Waals surface area contributed by atoms with Gasteiger partial charge in [-0.1, -0.05) is 36.4 Å². The number of nitrogen functional groups attached to an aromatic ring is 1. The highest BCUT2D eigenvalue weighted by molar-refractivity contribution is 7.80. The molecule has 0 spiro atoms. The van der Waals surface area contributed by atoms with Crippen LogP contribution in [0.15, 0.2) is 72.8 Å². The number of benzene rings is 3. The minimum absolute atomic E-state index is 0.135. The van der Waals surface area contributed by atoms with Crippen molar-refractivity contribution in [3.8, 4) is 0 Å². The summed E-state index contributed by atoms with van der Waals surface area (Å²) in [5.41, 5.74) is 11.0. The second-order valence-corrected chi connectivity index (χ2v) is 7.42. The molecule has 29 heavy (non-hydrogen) atoms. The van der Waals surface area contributed by atoms with E-state index in [4.69, 9.17) is 18.0 Å². The number of para-hydroxylation sites is 3. The van der Waals surface area contributed by atoms with E-state index in [0.717, 1.165) is 18.5 Å². The van der Waals surface area contributed by atoms with Crippen molar-refractivity contribution >= 4 is 40.3 Å². The van der Waals surface area contributed by atoms with Crippen LogP contribution in [0.4, 0.5) is 17.1 Å². The molecule has 0 heterocycles. The first-order valence-electron chi connectivity index (χ1n) is 9.51. The number of hydrogen-bond donors (Lipinski definition) is 4. The molecule has 1 unspecified atom stereocenters. The number of carbonyl (C=O) groups excluding carboxylic acids is 1. The highest BCUT2D eigenvalue weighted by Crippen LogP contribution is 2.32. The smallest absolute Gasteiger partial charge is 0.255 e. The summed E-state index contributed by atoms with van der Waals surface area (Å²) in [5, 5.41) is 10.1. The summed E-state index contributed by atoms with van der Waals surface area (Å²) in [5.74, 6) is -0.164. The molecule has 1 amide bonds. The molecule has 5 N–H and O–H groups in total. The zero-order chi connectivity index (χ0) is 20.2. The predicted octanol–water partition coefficient (Wildman–Crippen LogP) is 4.50. The zero-order valence-electron chi connectivity index (χ0n) is 15.8. The quantitative estimate of drug-likeness (QED) is 0.382. The van der Waals surface area contributed by atoms with Crippen LogP contribution in [0.5, 0.6) is 0 Å². The summed E-state index contributed by atoms with van der Waals surface area (Å²) < 4.78 is 0. The molecule has 0 radical (unpaired) electrons. The fourth-order valence-electron chi connectivity index (χ4n) is 3.56. The van der Waals surface area contributed by atoms with Crippen LogP contribution in [-0.4, -0.2) is 11.0 Å². The Balaban J connectivity index is 1.43. The van der Waals surface area contributed by atoms with Gasteiger partial charge in [0, 0.05) is 11.3 Å². The lowest BCUT2D eigenvalue weighted by Crippen LogP contribution is -2.31. The van der Waals surface area contributed by atoms with Gasteiger partial charge in [0.1, 0.15) is 0 Å². The minimum atomic E-state index is -0.164. The molecule has 5 nitrogen and oxygen atoms in total. The standard InChI is InChI=1S/C23H22N4OS/c24-19-8-4-5-9-21(19)26-22(28)16-10-12-18-15(14-16)11-13-20(18)27-23(29)25-17-6-2-1-3-7-17/h1-10,12,14,20H,11,13,24H2,(H,26,28)(H2,25,27,29). The van der Waals surface area contributed by atoms with E-state index >= 15 is 0 Å². The van der Waals surface area contributed by atoms with Crippen LogP contribution in [0.25, 0.3) is 0 Å². The van der Waals surface area contributed by atoms with E-state index in [1.165, 1.54) is 11.1 Å². The molecule has 146 valence electrons. The number of rotatable bonds is 4. The normalized spacial score (nSPS) is 14.7. The third kappa shape index (κ3) is 4.38. The van der Waals surface area contributed by atoms with Crippen LogP contribution in [0.2, 0.25) is 0 Å². The van der Waals surface area contributed by atoms with E-state index in [1.807, 2.05) is 60.7 Å². The van der Waals surface area contributed by atoms with Gasteiger partial charge in [0.15, 0.2) is 5.11 Å². The first kappa shape index (κ1) is 19.0. The molecule has 0 fully saturated rings. The van der Waals surface area contributed by atoms with Crippen molar-refractivity contribution in [1.29, 1.82) is 0 Å². The monoisotopic (exact) mass is 402 g/mol. The fourth-order valence-corrected chi connectivity index (χ4v) is 3.82. The molecular formula is C23H22N4OS. The third-order valence-electron chi connectivity index (χ3n) is 5.03. The summed E-state index contributed by atoms with van der Waals surface area (Å²) in [6.45, 7) is 0. The van der Waals surface area contributed by atoms with Crippen LogP contribution in [-0.2, 0) is 6.42 Å². The van der Waals surface area contributed by atoms with Gasteiger partial charge in [-0.3, -0.25) is 4.79 Å². The van der Waals surface area contributed by atoms with Gasteiger partial charge in [0.2, 0.25) is 0 Å². The lowest BCUT2D eigenvalue weighted by molar-refractivity contribution is 0.102. The summed E-state index contributed by atoms with van der Waals surface area (Å²) in [6, 6.07) is 23.0. The van der Waals surface area contributed by atoms with Crippen LogP contribution < -0.4 is 21.7 Å². The number of amides is 1. The summed E-state index contributed by atoms with van der Waals surface area (Å²) in [6.07, 6.45) is 1.83. The number of thiocarbonyl (C=S) groups is 1. The molecule has 1 atom stereocenters. The second kappa shape index (κ2) is 8.32. The van der Waals surface area contributed by atoms with E-state index in [1.54, 1.807) is 12.1 Å². The van der Waals surface area contributed by atoms with E-state index in [0.29, 0.717) is 22.1 Å². The van der Waals surface area contributed by atoms with Crippen molar-refractivity contribution in [2.45, 2.75) is 18.9 Å². The average molecular weight is 403 g/mol. The van der Waals surface area contributed by atoms with Gasteiger partial charge in [-0.2, -0.15) is 0 Å². The second-order valence-electron chi connectivity index (χ2n) is 7.01. The fraction of sp³-hybridized carbons (Fsp3) is 0.130. The maximum Gasteiger partial charge on any atom is 0.255 e. The van der Waals surface area contributed by atoms with Gasteiger partial charge in [0.25, 0.3) is 5.91 Å². The Kier molecular flexibility index (Phi) is 5.44. The van der Waals surface area contributed by atoms with Crippen LogP contribution in [0, 0.1) is 0 Å². The summed E-state index contributed by atoms with van der Waals surface area (Å²) in [7, 11) is 0. The number of fused-ring (bicyclic) bond motifs is 1. The molecule has 4 rings (SSSR count). The molecule has 1 aliphatic rings. The highest BCUT2D eigenvalue weighted by Gasteiger charge is 2.24. The molecule has 3 aromatic rings. The average Bonchev–Trinajstić information content (AvgIpc) is 3.12. The Morgan fingerprint density at radius 2 is 1.72 bits per heavy atom. The number of anilines is 3. The summed E-state index contributed by atoms with van der Waals surface area (Å²) >= 11 is 5.46. The molecule has 0 saturated heterocycles. The lowest BCUT2D eigenvalue weighted by Gasteiger charge is -2.17. The zero-order valence-corrected chi connectivity index (χ0v) is 16.6. The number of carbonyl (C=O) groups is 1. The maximum atomic E-state index is 12.6. The topological polar surface area (TPSA) is 79.2 Å². The predicted molar refractivity (Wildman–Crippen MR) is 122 cm³/mol. The van der Waals surface area contributed by atoms with Crippen molar-refractivity contribution in [3.05, 3.63) is 89.5 Å². The Morgan fingerprint density at radius 3 is 2.52 bits per heavy atom. The first-order valence-corrected chi connectivity index (χ1v) is 9.92. The summed E-state index contributed by atoms with van der Waals surface area (Å²) in [4.78, 5) is 12.6. The maximum absolute atomic E-state index is 12.6. The van der Waals surface area contributed by atoms with Gasteiger partial charge >= 0.3 is 0 Å². The Labute approximate surface area is 175 Å². The Hall–Kier alpha value is -3.38. The number of nitrogens with one attached hydrogen (secondary N) is 3. The van der Waals surface area contributed by atoms with Gasteiger partial charge in [-0.05, 0) is 72.6 Å². The molecule has 1 aliphatic carbocycles. The number of hydrogen-bond acceptors (Lipinski definition) is 3. The third-order valence-corrected chi connectivity index (χ3v) is 5.25. The van der Waals surface area contributed by atoms with Gasteiger partial charge in [0.05, 0.1) is 17.4 Å². The van der Waals surface area contributed by atoms with Gasteiger partial charge in [-0.25, -0.2) is 0 Å². The van der Waals surface area contributed by atoms with Crippen molar-refractivity contribution in [1.82, 2.24) is 5.32 Å². The van der Waals surface area contributed by atoms with Crippen molar-refractivity contribution in [3.63, 3.8) is 0 Å². The Morgan fingerprint density at radius 1 is 0.966 bits per heavy atom. The van der Waals surface area contributed by atoms with Gasteiger partial charge in [-0.15, -0.1) is 0 Å². The lowest BCUT2D eigenvalue weighted by atomic mass is 10.0. The molecule has 3 aromatic carbocycles. The first-order chi connectivity index (χ1) is 14.1. The Bertz CT molecular complexity index is 1050. The van der Waals surface area contributed by atoms with E-state index in [-0.39, 0.29) is 11.9 Å². The molecule has 0 saturated carbocycles. The molecule has 0 aliphatic heterocycles. The molecule has 0 bridgehead atoms. The highest BCUT2D eigenvalue weighted by atomic mass is 32.1. The van der Waals surface area contributed by atoms with Crippen LogP contribution in [0.3, 0.4) is 0 Å². The van der Waals surface area contributed by atoms with Gasteiger partial charge < -0.3 is 21.7 Å². The van der Waals surface area contributed by atoms with Crippen molar-refractivity contribution in [2.24, 2.45) is 0 Å². The van der Waals surface area contributed by atoms with E-state index in [2.05, 4.69) is 16.0 Å². The van der Waals surface area contributed by atoms with Crippen LogP contribution in [0.1, 0.15) is 33.9 Å². The van der Waals surface area contributed by atoms with E-state index < -0.39 is 0 Å². The van der Waals surface area contributed by atoms with Crippen molar-refractivity contribution in [2.75, 3.05) is 16.4 Å². The molecule has 6 heteroatoms. The minimum Gasteiger partial charge on any atom is -0.397 e. The number of aryl methyl sites for hydroxylation is 1.